The van der Waals surface area contributed by atoms with Crippen molar-refractivity contribution in [3.8, 4) is 6.07 Å². The van der Waals surface area contributed by atoms with Gasteiger partial charge in [0.25, 0.3) is 5.91 Å². The van der Waals surface area contributed by atoms with Crippen LogP contribution in [0.3, 0.4) is 0 Å². The fourth-order valence-corrected chi connectivity index (χ4v) is 4.02. The molecule has 1 N–H and O–H groups in total. The Morgan fingerprint density at radius 1 is 1.09 bits per heavy atom. The van der Waals surface area contributed by atoms with E-state index in [1.54, 1.807) is 6.08 Å². The number of halogens is 1. The average molecular weight is 484 g/mol. The molecule has 1 aromatic heterocycles. The lowest BCUT2D eigenvalue weighted by molar-refractivity contribution is -0.112. The number of para-hydroxylation sites is 1. The summed E-state index contributed by atoms with van der Waals surface area (Å²) in [5, 5.41) is 13.6. The zero-order chi connectivity index (χ0) is 22.7. The molecule has 0 aliphatic rings. The molecule has 4 rings (SSSR count). The van der Waals surface area contributed by atoms with E-state index < -0.39 is 5.91 Å². The van der Waals surface area contributed by atoms with E-state index in [2.05, 4.69) is 44.0 Å². The molecule has 0 aliphatic heterocycles. The molecule has 4 aromatic rings. The van der Waals surface area contributed by atoms with Gasteiger partial charge in [-0.05, 0) is 55.3 Å². The van der Waals surface area contributed by atoms with Gasteiger partial charge in [0.05, 0.1) is 0 Å². The normalized spacial score (nSPS) is 11.4. The van der Waals surface area contributed by atoms with Crippen molar-refractivity contribution in [3.63, 3.8) is 0 Å². The average Bonchev–Trinajstić information content (AvgIpc) is 3.12. The quantitative estimate of drug-likeness (QED) is 0.256. The van der Waals surface area contributed by atoms with Crippen LogP contribution in [-0.2, 0) is 11.3 Å². The molecule has 32 heavy (non-hydrogen) atoms. The van der Waals surface area contributed by atoms with E-state index in [9.17, 15) is 10.1 Å². The summed E-state index contributed by atoms with van der Waals surface area (Å²) < 4.78 is 3.18. The number of fused-ring (bicyclic) bond motifs is 1. The zero-order valence-corrected chi connectivity index (χ0v) is 19.5. The van der Waals surface area contributed by atoms with Crippen LogP contribution in [0.25, 0.3) is 17.0 Å². The number of carbonyl (C=O) groups is 1. The van der Waals surface area contributed by atoms with Crippen molar-refractivity contribution >= 4 is 44.5 Å². The number of amides is 1. The smallest absolute Gasteiger partial charge is 0.266 e. The van der Waals surface area contributed by atoms with Gasteiger partial charge in [-0.3, -0.25) is 4.79 Å². The Kier molecular flexibility index (Phi) is 6.25. The van der Waals surface area contributed by atoms with Crippen molar-refractivity contribution in [1.82, 2.24) is 4.57 Å². The van der Waals surface area contributed by atoms with Gasteiger partial charge in [-0.15, -0.1) is 0 Å². The zero-order valence-electron chi connectivity index (χ0n) is 17.9. The van der Waals surface area contributed by atoms with Gasteiger partial charge in [0.15, 0.2) is 0 Å². The highest BCUT2D eigenvalue weighted by Gasteiger charge is 2.14. The highest BCUT2D eigenvalue weighted by Crippen LogP contribution is 2.25. The molecule has 0 unspecified atom stereocenters. The van der Waals surface area contributed by atoms with Gasteiger partial charge in [0.2, 0.25) is 0 Å². The minimum atomic E-state index is -0.413. The number of aromatic nitrogens is 1. The molecule has 0 fully saturated rings. The first-order valence-corrected chi connectivity index (χ1v) is 11.1. The first-order valence-electron chi connectivity index (χ1n) is 10.3. The molecule has 0 bridgehead atoms. The van der Waals surface area contributed by atoms with Crippen molar-refractivity contribution in [2.24, 2.45) is 0 Å². The highest BCUT2D eigenvalue weighted by atomic mass is 79.9. The number of nitrogens with one attached hydrogen (secondary N) is 1. The molecule has 0 aliphatic carbocycles. The minimum Gasteiger partial charge on any atom is -0.342 e. The van der Waals surface area contributed by atoms with Crippen LogP contribution in [0.5, 0.6) is 0 Å². The lowest BCUT2D eigenvalue weighted by Gasteiger charge is -2.08. The van der Waals surface area contributed by atoms with Gasteiger partial charge in [-0.2, -0.15) is 5.26 Å². The van der Waals surface area contributed by atoms with Crippen LogP contribution >= 0.6 is 15.9 Å². The number of nitrogens with zero attached hydrogens (tertiary/aromatic N) is 2. The first kappa shape index (κ1) is 21.6. The van der Waals surface area contributed by atoms with E-state index in [1.165, 1.54) is 0 Å². The molecular formula is C27H22BrN3O. The van der Waals surface area contributed by atoms with Gasteiger partial charge in [-0.1, -0.05) is 64.0 Å². The third-order valence-electron chi connectivity index (χ3n) is 5.38. The number of rotatable bonds is 5. The van der Waals surface area contributed by atoms with Crippen LogP contribution in [0.1, 0.15) is 22.3 Å². The van der Waals surface area contributed by atoms with Crippen LogP contribution < -0.4 is 5.32 Å². The monoisotopic (exact) mass is 483 g/mol. The summed E-state index contributed by atoms with van der Waals surface area (Å²) in [5.41, 5.74) is 5.91. The number of aryl methyl sites for hydroxylation is 2. The highest BCUT2D eigenvalue weighted by molar-refractivity contribution is 9.10. The second kappa shape index (κ2) is 9.25. The molecule has 0 atom stereocenters. The molecule has 3 aromatic carbocycles. The Balaban J connectivity index is 1.67. The largest absolute Gasteiger partial charge is 0.342 e. The lowest BCUT2D eigenvalue weighted by atomic mass is 10.1. The predicted octanol–water partition coefficient (Wildman–Crippen LogP) is 6.61. The number of anilines is 1. The molecule has 158 valence electrons. The van der Waals surface area contributed by atoms with E-state index in [0.717, 1.165) is 37.6 Å². The minimum absolute atomic E-state index is 0.0662. The maximum Gasteiger partial charge on any atom is 0.266 e. The summed E-state index contributed by atoms with van der Waals surface area (Å²) >= 11 is 3.47. The molecule has 0 spiro atoms. The number of hydrogen-bond donors (Lipinski definition) is 1. The van der Waals surface area contributed by atoms with Crippen molar-refractivity contribution < 1.29 is 4.79 Å². The summed E-state index contributed by atoms with van der Waals surface area (Å²) in [7, 11) is 0. The lowest BCUT2D eigenvalue weighted by Crippen LogP contribution is -2.14. The van der Waals surface area contributed by atoms with Gasteiger partial charge < -0.3 is 9.88 Å². The molecule has 0 saturated carbocycles. The van der Waals surface area contributed by atoms with Gasteiger partial charge >= 0.3 is 0 Å². The summed E-state index contributed by atoms with van der Waals surface area (Å²) in [6.45, 7) is 4.63. The number of nitriles is 1. The van der Waals surface area contributed by atoms with Gasteiger partial charge in [0.1, 0.15) is 11.6 Å². The summed E-state index contributed by atoms with van der Waals surface area (Å²) in [6.07, 6.45) is 3.66. The van der Waals surface area contributed by atoms with E-state index >= 15 is 0 Å². The standard InChI is InChI=1S/C27H22BrN3O/c1-18-7-12-25(19(2)13-18)30-27(32)21(15-29)14-22-17-31(26-6-4-3-5-24(22)26)16-20-8-10-23(28)11-9-20/h3-14,17H,16H2,1-2H3,(H,30,32)/b21-14+. The number of carbonyl (C=O) groups excluding carboxylic acids is 1. The molecule has 1 heterocycles. The van der Waals surface area contributed by atoms with E-state index in [0.29, 0.717) is 12.2 Å². The van der Waals surface area contributed by atoms with Crippen LogP contribution in [0.2, 0.25) is 0 Å². The third kappa shape index (κ3) is 4.66. The Hall–Kier alpha value is -3.62. The van der Waals surface area contributed by atoms with Crippen molar-refractivity contribution in [2.75, 3.05) is 5.32 Å². The Morgan fingerprint density at radius 2 is 1.84 bits per heavy atom. The number of hydrogen-bond acceptors (Lipinski definition) is 2. The SMILES string of the molecule is Cc1ccc(NC(=O)/C(C#N)=C/c2cn(Cc3ccc(Br)cc3)c3ccccc23)c(C)c1. The molecular weight excluding hydrogens is 462 g/mol. The molecule has 0 radical (unpaired) electrons. The van der Waals surface area contributed by atoms with E-state index in [1.807, 2.05) is 74.6 Å². The van der Waals surface area contributed by atoms with Crippen LogP contribution in [-0.4, -0.2) is 10.5 Å². The number of benzene rings is 3. The van der Waals surface area contributed by atoms with E-state index in [4.69, 9.17) is 0 Å². The van der Waals surface area contributed by atoms with Crippen molar-refractivity contribution in [2.45, 2.75) is 20.4 Å². The van der Waals surface area contributed by atoms with E-state index in [-0.39, 0.29) is 5.57 Å². The van der Waals surface area contributed by atoms with Crippen LogP contribution in [0.4, 0.5) is 5.69 Å². The second-order valence-corrected chi connectivity index (χ2v) is 8.71. The Bertz CT molecular complexity index is 1370. The van der Waals surface area contributed by atoms with Crippen molar-refractivity contribution in [3.05, 3.63) is 105 Å². The van der Waals surface area contributed by atoms with Crippen LogP contribution in [0.15, 0.2) is 83.0 Å². The molecule has 1 amide bonds. The topological polar surface area (TPSA) is 57.8 Å². The third-order valence-corrected chi connectivity index (χ3v) is 5.91. The second-order valence-electron chi connectivity index (χ2n) is 7.80. The molecule has 4 nitrogen and oxygen atoms in total. The molecule has 5 heteroatoms. The summed E-state index contributed by atoms with van der Waals surface area (Å²) in [5.74, 6) is -0.413. The predicted molar refractivity (Wildman–Crippen MR) is 133 cm³/mol. The first-order chi connectivity index (χ1) is 15.4. The summed E-state index contributed by atoms with van der Waals surface area (Å²) in [4.78, 5) is 12.8. The Morgan fingerprint density at radius 3 is 2.56 bits per heavy atom. The van der Waals surface area contributed by atoms with Crippen LogP contribution in [0, 0.1) is 25.2 Å². The maximum atomic E-state index is 12.8. The van der Waals surface area contributed by atoms with Gasteiger partial charge in [0, 0.05) is 39.4 Å². The fourth-order valence-electron chi connectivity index (χ4n) is 3.76. The molecule has 0 saturated heterocycles. The summed E-state index contributed by atoms with van der Waals surface area (Å²) in [6, 6.07) is 24.1. The maximum absolute atomic E-state index is 12.8. The fraction of sp³-hybridized carbons (Fsp3) is 0.111. The van der Waals surface area contributed by atoms with Gasteiger partial charge in [-0.25, -0.2) is 0 Å². The van der Waals surface area contributed by atoms with Crippen molar-refractivity contribution in [1.29, 1.82) is 5.26 Å². The Labute approximate surface area is 195 Å².